The molecule has 2 aliphatic heterocycles. The molecule has 7 nitrogen and oxygen atoms in total. The van der Waals surface area contributed by atoms with Gasteiger partial charge in [0.2, 0.25) is 0 Å². The number of aliphatic hydroxyl groups is 1. The van der Waals surface area contributed by atoms with Crippen LogP contribution in [0.4, 0.5) is 0 Å². The number of aliphatic hydroxyl groups excluding tert-OH is 1. The summed E-state index contributed by atoms with van der Waals surface area (Å²) in [5, 5.41) is 10.9. The van der Waals surface area contributed by atoms with Crippen LogP contribution in [0.3, 0.4) is 0 Å². The SMILES string of the molecule is CCCC#CC#CCCC(=O)O[C@H]1[C@@H](OC)O[C@@H]2CO[C@@H](c3ccccc3)O[C@H]2[C@@H]1O. The van der Waals surface area contributed by atoms with E-state index in [0.29, 0.717) is 6.42 Å². The van der Waals surface area contributed by atoms with E-state index < -0.39 is 43.0 Å². The molecule has 0 bridgehead atoms. The molecule has 1 N–H and O–H groups in total. The quantitative estimate of drug-likeness (QED) is 0.550. The van der Waals surface area contributed by atoms with Gasteiger partial charge in [0.05, 0.1) is 13.0 Å². The number of rotatable bonds is 6. The number of unbranched alkanes of at least 4 members (excludes halogenated alkanes) is 1. The van der Waals surface area contributed by atoms with Crippen molar-refractivity contribution in [2.75, 3.05) is 13.7 Å². The fraction of sp³-hybridized carbons (Fsp3) is 0.542. The molecule has 3 rings (SSSR count). The van der Waals surface area contributed by atoms with Gasteiger partial charge in [0, 0.05) is 25.5 Å². The molecule has 1 aromatic carbocycles. The van der Waals surface area contributed by atoms with Gasteiger partial charge in [-0.3, -0.25) is 4.79 Å². The molecular weight excluding hydrogens is 400 g/mol. The minimum absolute atomic E-state index is 0.0762. The molecular formula is C24H28O7. The van der Waals surface area contributed by atoms with Crippen molar-refractivity contribution < 1.29 is 33.6 Å². The molecule has 7 heteroatoms. The van der Waals surface area contributed by atoms with Gasteiger partial charge in [-0.25, -0.2) is 0 Å². The van der Waals surface area contributed by atoms with Crippen LogP contribution in [0.1, 0.15) is 44.5 Å². The van der Waals surface area contributed by atoms with Crippen molar-refractivity contribution in [1.82, 2.24) is 0 Å². The molecule has 0 aliphatic carbocycles. The summed E-state index contributed by atoms with van der Waals surface area (Å²) < 4.78 is 28.3. The van der Waals surface area contributed by atoms with Gasteiger partial charge in [-0.1, -0.05) is 49.1 Å². The maximum Gasteiger partial charge on any atom is 0.307 e. The number of carbonyl (C=O) groups excluding carboxylic acids is 1. The normalized spacial score (nSPS) is 29.5. The fourth-order valence-electron chi connectivity index (χ4n) is 3.38. The van der Waals surface area contributed by atoms with Crippen LogP contribution in [0.25, 0.3) is 0 Å². The number of carbonyl (C=O) groups is 1. The van der Waals surface area contributed by atoms with E-state index in [0.717, 1.165) is 18.4 Å². The van der Waals surface area contributed by atoms with Crippen LogP contribution in [-0.2, 0) is 28.5 Å². The molecule has 2 heterocycles. The Bertz CT molecular complexity index is 832. The number of benzene rings is 1. The van der Waals surface area contributed by atoms with E-state index in [1.807, 2.05) is 37.3 Å². The Morgan fingerprint density at radius 1 is 1.16 bits per heavy atom. The molecule has 2 fully saturated rings. The summed E-state index contributed by atoms with van der Waals surface area (Å²) >= 11 is 0. The van der Waals surface area contributed by atoms with Crippen LogP contribution in [0.2, 0.25) is 0 Å². The van der Waals surface area contributed by atoms with Crippen LogP contribution >= 0.6 is 0 Å². The summed E-state index contributed by atoms with van der Waals surface area (Å²) in [4.78, 5) is 12.3. The van der Waals surface area contributed by atoms with Crippen molar-refractivity contribution in [3.05, 3.63) is 35.9 Å². The maximum absolute atomic E-state index is 12.3. The number of hydrogen-bond acceptors (Lipinski definition) is 7. The van der Waals surface area contributed by atoms with Crippen molar-refractivity contribution in [2.24, 2.45) is 0 Å². The van der Waals surface area contributed by atoms with Gasteiger partial charge in [-0.05, 0) is 18.3 Å². The van der Waals surface area contributed by atoms with Gasteiger partial charge in [-0.2, -0.15) is 0 Å². The second kappa shape index (κ2) is 11.9. The van der Waals surface area contributed by atoms with Crippen molar-refractivity contribution in [3.63, 3.8) is 0 Å². The van der Waals surface area contributed by atoms with E-state index in [2.05, 4.69) is 23.7 Å². The lowest BCUT2D eigenvalue weighted by Crippen LogP contribution is -2.63. The van der Waals surface area contributed by atoms with Crippen LogP contribution in [0.15, 0.2) is 30.3 Å². The zero-order chi connectivity index (χ0) is 22.1. The molecule has 0 spiro atoms. The molecule has 0 saturated carbocycles. The molecule has 1 aromatic rings. The van der Waals surface area contributed by atoms with Gasteiger partial charge in [0.25, 0.3) is 0 Å². The Balaban J connectivity index is 1.58. The molecule has 6 atom stereocenters. The van der Waals surface area contributed by atoms with E-state index in [4.69, 9.17) is 23.7 Å². The smallest absolute Gasteiger partial charge is 0.307 e. The zero-order valence-corrected chi connectivity index (χ0v) is 17.8. The molecule has 166 valence electrons. The summed E-state index contributed by atoms with van der Waals surface area (Å²) in [5.74, 6) is 10.7. The predicted octanol–water partition coefficient (Wildman–Crippen LogP) is 2.33. The highest BCUT2D eigenvalue weighted by molar-refractivity contribution is 5.70. The highest BCUT2D eigenvalue weighted by atomic mass is 16.8. The van der Waals surface area contributed by atoms with Crippen LogP contribution < -0.4 is 0 Å². The third-order valence-corrected chi connectivity index (χ3v) is 4.95. The first kappa shape index (κ1) is 23.3. The minimum Gasteiger partial charge on any atom is -0.454 e. The number of fused-ring (bicyclic) bond motifs is 1. The Hall–Kier alpha value is -2.39. The predicted molar refractivity (Wildman–Crippen MR) is 111 cm³/mol. The summed E-state index contributed by atoms with van der Waals surface area (Å²) in [6.45, 7) is 2.26. The molecule has 0 unspecified atom stereocenters. The van der Waals surface area contributed by atoms with Crippen LogP contribution in [0, 0.1) is 23.7 Å². The van der Waals surface area contributed by atoms with Crippen molar-refractivity contribution in [2.45, 2.75) is 69.6 Å². The first-order valence-electron chi connectivity index (χ1n) is 10.5. The molecule has 2 aliphatic rings. The first-order valence-corrected chi connectivity index (χ1v) is 10.5. The van der Waals surface area contributed by atoms with Crippen molar-refractivity contribution >= 4 is 5.97 Å². The van der Waals surface area contributed by atoms with Gasteiger partial charge < -0.3 is 28.8 Å². The minimum atomic E-state index is -1.13. The molecule has 2 saturated heterocycles. The summed E-state index contributed by atoms with van der Waals surface area (Å²) in [6.07, 6.45) is -2.81. The lowest BCUT2D eigenvalue weighted by Gasteiger charge is -2.46. The van der Waals surface area contributed by atoms with Gasteiger partial charge in [-0.15, -0.1) is 0 Å². The lowest BCUT2D eigenvalue weighted by molar-refractivity contribution is -0.358. The average molecular weight is 428 g/mol. The summed E-state index contributed by atoms with van der Waals surface area (Å²) in [5.41, 5.74) is 0.830. The largest absolute Gasteiger partial charge is 0.454 e. The fourth-order valence-corrected chi connectivity index (χ4v) is 3.38. The third kappa shape index (κ3) is 6.30. The molecule has 31 heavy (non-hydrogen) atoms. The first-order chi connectivity index (χ1) is 15.1. The Labute approximate surface area is 183 Å². The number of ether oxygens (including phenoxy) is 5. The Morgan fingerprint density at radius 3 is 2.61 bits per heavy atom. The van der Waals surface area contributed by atoms with Gasteiger partial charge >= 0.3 is 5.97 Å². The van der Waals surface area contributed by atoms with E-state index in [1.54, 1.807) is 0 Å². The van der Waals surface area contributed by atoms with Crippen LogP contribution in [-0.4, -0.2) is 55.5 Å². The van der Waals surface area contributed by atoms with Gasteiger partial charge in [0.15, 0.2) is 18.7 Å². The summed E-state index contributed by atoms with van der Waals surface area (Å²) in [6, 6.07) is 9.42. The summed E-state index contributed by atoms with van der Waals surface area (Å²) in [7, 11) is 1.43. The van der Waals surface area contributed by atoms with E-state index >= 15 is 0 Å². The molecule has 0 radical (unpaired) electrons. The van der Waals surface area contributed by atoms with E-state index in [1.165, 1.54) is 7.11 Å². The van der Waals surface area contributed by atoms with Crippen LogP contribution in [0.5, 0.6) is 0 Å². The topological polar surface area (TPSA) is 83.5 Å². The standard InChI is InChI=1S/C24H28O7/c1-3-4-5-6-7-8-12-15-19(25)30-22-20(26)21-18(29-24(22)27-2)16-28-23(31-21)17-13-10-9-11-14-17/h9-11,13-14,18,20-24,26H,3-4,12,15-16H2,1-2H3/t18-,20+,21-,22-,23-,24+/m1/s1. The molecule has 0 aromatic heterocycles. The maximum atomic E-state index is 12.3. The highest BCUT2D eigenvalue weighted by Gasteiger charge is 2.51. The molecule has 0 amide bonds. The average Bonchev–Trinajstić information content (AvgIpc) is 2.80. The number of esters is 1. The Kier molecular flexibility index (Phi) is 8.90. The van der Waals surface area contributed by atoms with Crippen molar-refractivity contribution in [1.29, 1.82) is 0 Å². The monoisotopic (exact) mass is 428 g/mol. The van der Waals surface area contributed by atoms with E-state index in [-0.39, 0.29) is 13.0 Å². The van der Waals surface area contributed by atoms with Gasteiger partial charge in [0.1, 0.15) is 18.3 Å². The number of methoxy groups -OCH3 is 1. The lowest BCUT2D eigenvalue weighted by atomic mass is 9.97. The second-order valence-electron chi connectivity index (χ2n) is 7.25. The van der Waals surface area contributed by atoms with Crippen molar-refractivity contribution in [3.8, 4) is 23.7 Å². The zero-order valence-electron chi connectivity index (χ0n) is 17.8. The Morgan fingerprint density at radius 2 is 1.90 bits per heavy atom. The second-order valence-corrected chi connectivity index (χ2v) is 7.25. The van der Waals surface area contributed by atoms with E-state index in [9.17, 15) is 9.90 Å². The highest BCUT2D eigenvalue weighted by Crippen LogP contribution is 2.35. The number of hydrogen-bond donors (Lipinski definition) is 1. The third-order valence-electron chi connectivity index (χ3n) is 4.95.